The SMILES string of the molecule is O=C(O)c1ccc(-n2cc(-c3ccccc3)nn2)cc1.O=[PH](O)O. The van der Waals surface area contributed by atoms with Crippen LogP contribution < -0.4 is 0 Å². The molecule has 0 saturated carbocycles. The second kappa shape index (κ2) is 8.16. The quantitative estimate of drug-likeness (QED) is 0.619. The molecule has 124 valence electrons. The predicted molar refractivity (Wildman–Crippen MR) is 87.2 cm³/mol. The highest BCUT2D eigenvalue weighted by Gasteiger charge is 2.06. The Morgan fingerprint density at radius 2 is 1.58 bits per heavy atom. The molecule has 8 nitrogen and oxygen atoms in total. The summed E-state index contributed by atoms with van der Waals surface area (Å²) in [5, 5.41) is 17.0. The Labute approximate surface area is 137 Å². The molecule has 0 aliphatic heterocycles. The molecule has 0 bridgehead atoms. The minimum Gasteiger partial charge on any atom is -0.478 e. The molecule has 3 rings (SSSR count). The Bertz CT molecular complexity index is 830. The first-order chi connectivity index (χ1) is 11.5. The van der Waals surface area contributed by atoms with Crippen LogP contribution in [0.1, 0.15) is 10.4 Å². The zero-order valence-corrected chi connectivity index (χ0v) is 13.3. The molecule has 3 N–H and O–H groups in total. The zero-order valence-electron chi connectivity index (χ0n) is 12.3. The summed E-state index contributed by atoms with van der Waals surface area (Å²) in [6.45, 7) is 0. The van der Waals surface area contributed by atoms with Crippen molar-refractivity contribution in [2.24, 2.45) is 0 Å². The summed E-state index contributed by atoms with van der Waals surface area (Å²) in [7, 11) is -3.13. The molecule has 0 amide bonds. The zero-order chi connectivity index (χ0) is 17.5. The van der Waals surface area contributed by atoms with Crippen LogP contribution in [0.4, 0.5) is 0 Å². The van der Waals surface area contributed by atoms with E-state index in [-0.39, 0.29) is 5.56 Å². The minimum absolute atomic E-state index is 0.247. The molecule has 0 spiro atoms. The number of rotatable bonds is 3. The maximum atomic E-state index is 10.8. The van der Waals surface area contributed by atoms with E-state index in [9.17, 15) is 4.79 Å². The lowest BCUT2D eigenvalue weighted by Gasteiger charge is -2.00. The largest absolute Gasteiger partial charge is 0.478 e. The molecule has 9 heteroatoms. The van der Waals surface area contributed by atoms with Gasteiger partial charge < -0.3 is 14.9 Å². The van der Waals surface area contributed by atoms with Crippen molar-refractivity contribution in [3.05, 3.63) is 66.4 Å². The number of hydrogen-bond donors (Lipinski definition) is 3. The molecule has 0 unspecified atom stereocenters. The molecule has 0 atom stereocenters. The molecule has 1 heterocycles. The van der Waals surface area contributed by atoms with Crippen molar-refractivity contribution in [3.63, 3.8) is 0 Å². The first-order valence-electron chi connectivity index (χ1n) is 6.71. The second-order valence-corrected chi connectivity index (χ2v) is 5.11. The van der Waals surface area contributed by atoms with E-state index in [0.717, 1.165) is 16.9 Å². The van der Waals surface area contributed by atoms with Crippen LogP contribution in [-0.4, -0.2) is 35.9 Å². The van der Waals surface area contributed by atoms with Crippen LogP contribution >= 0.6 is 8.25 Å². The minimum atomic E-state index is -3.13. The number of aromatic carboxylic acids is 1. The summed E-state index contributed by atoms with van der Waals surface area (Å²) in [5.41, 5.74) is 2.77. The summed E-state index contributed by atoms with van der Waals surface area (Å²) in [4.78, 5) is 25.1. The molecule has 2 aromatic carbocycles. The van der Waals surface area contributed by atoms with Gasteiger partial charge in [-0.15, -0.1) is 5.10 Å². The second-order valence-electron chi connectivity index (χ2n) is 4.55. The molecule has 0 aliphatic carbocycles. The van der Waals surface area contributed by atoms with E-state index >= 15 is 0 Å². The van der Waals surface area contributed by atoms with Gasteiger partial charge in [0.2, 0.25) is 0 Å². The van der Waals surface area contributed by atoms with E-state index in [1.807, 2.05) is 36.5 Å². The van der Waals surface area contributed by atoms with Gasteiger partial charge in [-0.1, -0.05) is 35.5 Å². The fourth-order valence-corrected chi connectivity index (χ4v) is 1.89. The predicted octanol–water partition coefficient (Wildman–Crippen LogP) is 1.99. The average Bonchev–Trinajstić information content (AvgIpc) is 3.05. The molecule has 0 saturated heterocycles. The molecule has 0 fully saturated rings. The van der Waals surface area contributed by atoms with E-state index in [1.54, 1.807) is 28.9 Å². The van der Waals surface area contributed by atoms with E-state index in [0.29, 0.717) is 0 Å². The van der Waals surface area contributed by atoms with Gasteiger partial charge in [-0.3, -0.25) is 4.57 Å². The highest BCUT2D eigenvalue weighted by molar-refractivity contribution is 7.30. The fourth-order valence-electron chi connectivity index (χ4n) is 1.89. The number of aromatic nitrogens is 3. The fraction of sp³-hybridized carbons (Fsp3) is 0. The Balaban J connectivity index is 0.000000471. The van der Waals surface area contributed by atoms with Crippen molar-refractivity contribution in [2.45, 2.75) is 0 Å². The monoisotopic (exact) mass is 347 g/mol. The van der Waals surface area contributed by atoms with Gasteiger partial charge in [0.15, 0.2) is 0 Å². The molecule has 24 heavy (non-hydrogen) atoms. The molecule has 1 aromatic heterocycles. The Kier molecular flexibility index (Phi) is 5.97. The summed E-state index contributed by atoms with van der Waals surface area (Å²) in [6, 6.07) is 16.2. The topological polar surface area (TPSA) is 126 Å². The summed E-state index contributed by atoms with van der Waals surface area (Å²) in [5.74, 6) is -0.944. The maximum Gasteiger partial charge on any atom is 0.335 e. The van der Waals surface area contributed by atoms with E-state index in [2.05, 4.69) is 10.3 Å². The van der Waals surface area contributed by atoms with E-state index < -0.39 is 14.2 Å². The first kappa shape index (κ1) is 17.6. The van der Waals surface area contributed by atoms with Gasteiger partial charge in [0.05, 0.1) is 17.4 Å². The third-order valence-electron chi connectivity index (χ3n) is 2.94. The Morgan fingerprint density at radius 1 is 1.00 bits per heavy atom. The third kappa shape index (κ3) is 4.85. The van der Waals surface area contributed by atoms with Gasteiger partial charge in [-0.2, -0.15) is 0 Å². The highest BCUT2D eigenvalue weighted by Crippen LogP contribution is 2.17. The highest BCUT2D eigenvalue weighted by atomic mass is 31.1. The lowest BCUT2D eigenvalue weighted by molar-refractivity contribution is 0.0697. The number of carboxylic acid groups (broad SMARTS) is 1. The van der Waals surface area contributed by atoms with Gasteiger partial charge in [0.1, 0.15) is 5.69 Å². The van der Waals surface area contributed by atoms with Gasteiger partial charge in [0, 0.05) is 5.56 Å². The molecular formula is C15H14N3O5P. The smallest absolute Gasteiger partial charge is 0.335 e. The standard InChI is InChI=1S/C15H11N3O2.H3O3P/c19-15(20)12-6-8-13(9-7-12)18-10-14(16-17-18)11-4-2-1-3-5-11;1-4(2)3/h1-10H,(H,19,20);4H,(H2,1,2,3). The van der Waals surface area contributed by atoms with Gasteiger partial charge in [0.25, 0.3) is 0 Å². The van der Waals surface area contributed by atoms with Crippen molar-refractivity contribution in [1.82, 2.24) is 15.0 Å². The normalized spacial score (nSPS) is 10.1. The first-order valence-corrected chi connectivity index (χ1v) is 8.01. The summed E-state index contributed by atoms with van der Waals surface area (Å²) >= 11 is 0. The third-order valence-corrected chi connectivity index (χ3v) is 2.94. The number of carboxylic acids is 1. The molecule has 0 radical (unpaired) electrons. The van der Waals surface area contributed by atoms with Crippen molar-refractivity contribution in [3.8, 4) is 16.9 Å². The van der Waals surface area contributed by atoms with Crippen LogP contribution in [-0.2, 0) is 4.57 Å². The lowest BCUT2D eigenvalue weighted by atomic mass is 10.2. The summed E-state index contributed by atoms with van der Waals surface area (Å²) in [6.07, 6.45) is 1.81. The Hall–Kier alpha value is -2.80. The van der Waals surface area contributed by atoms with E-state index in [4.69, 9.17) is 19.5 Å². The van der Waals surface area contributed by atoms with Crippen molar-refractivity contribution >= 4 is 14.2 Å². The molecule has 0 aliphatic rings. The number of hydrogen-bond acceptors (Lipinski definition) is 4. The number of benzene rings is 2. The van der Waals surface area contributed by atoms with Crippen LogP contribution in [0.2, 0.25) is 0 Å². The van der Waals surface area contributed by atoms with E-state index in [1.165, 1.54) is 0 Å². The van der Waals surface area contributed by atoms with Crippen LogP contribution in [0.15, 0.2) is 60.8 Å². The Morgan fingerprint density at radius 3 is 2.12 bits per heavy atom. The van der Waals surface area contributed by atoms with Gasteiger partial charge >= 0.3 is 14.2 Å². The van der Waals surface area contributed by atoms with Crippen LogP contribution in [0.5, 0.6) is 0 Å². The summed E-state index contributed by atoms with van der Waals surface area (Å²) < 4.78 is 10.4. The van der Waals surface area contributed by atoms with Crippen molar-refractivity contribution < 1.29 is 24.3 Å². The lowest BCUT2D eigenvalue weighted by Crippen LogP contribution is -1.98. The number of nitrogens with zero attached hydrogens (tertiary/aromatic N) is 3. The van der Waals surface area contributed by atoms with Crippen LogP contribution in [0.25, 0.3) is 16.9 Å². The van der Waals surface area contributed by atoms with Crippen LogP contribution in [0, 0.1) is 0 Å². The average molecular weight is 347 g/mol. The maximum absolute atomic E-state index is 10.8. The molecule has 3 aromatic rings. The molecular weight excluding hydrogens is 333 g/mol. The van der Waals surface area contributed by atoms with Gasteiger partial charge in [-0.05, 0) is 24.3 Å². The van der Waals surface area contributed by atoms with Gasteiger partial charge in [-0.25, -0.2) is 9.48 Å². The van der Waals surface area contributed by atoms with Crippen molar-refractivity contribution in [1.29, 1.82) is 0 Å². The van der Waals surface area contributed by atoms with Crippen LogP contribution in [0.3, 0.4) is 0 Å². The van der Waals surface area contributed by atoms with Crippen molar-refractivity contribution in [2.75, 3.05) is 0 Å². The number of carbonyl (C=O) groups is 1.